The van der Waals surface area contributed by atoms with Crippen LogP contribution in [0.5, 0.6) is 11.5 Å². The van der Waals surface area contributed by atoms with E-state index in [9.17, 15) is 13.2 Å². The van der Waals surface area contributed by atoms with Crippen molar-refractivity contribution >= 4 is 16.1 Å². The lowest BCUT2D eigenvalue weighted by Crippen LogP contribution is -2.39. The summed E-state index contributed by atoms with van der Waals surface area (Å²) in [7, 11) is -0.632. The number of fused-ring (bicyclic) bond motifs is 1. The van der Waals surface area contributed by atoms with Crippen molar-refractivity contribution in [2.45, 2.75) is 24.0 Å². The van der Waals surface area contributed by atoms with Crippen LogP contribution in [-0.4, -0.2) is 52.1 Å². The Labute approximate surface area is 170 Å². The van der Waals surface area contributed by atoms with E-state index in [1.54, 1.807) is 18.2 Å². The fourth-order valence-corrected chi connectivity index (χ4v) is 4.00. The number of para-hydroxylation sites is 2. The maximum absolute atomic E-state index is 12.4. The number of rotatable bonds is 7. The standard InChI is InChI=1S/C20H25N3O5S/c1-23(2)29(25,26)19-10-6-3-7-15(19)13-22-20(24)21-12-11-16-14-27-17-8-4-5-9-18(17)28-16/h3-10,16H,11-14H2,1-2H3,(H2,21,22,24). The molecule has 0 aliphatic carbocycles. The number of carbonyl (C=O) groups excluding carboxylic acids is 1. The van der Waals surface area contributed by atoms with Gasteiger partial charge in [0.15, 0.2) is 11.5 Å². The predicted octanol–water partition coefficient (Wildman–Crippen LogP) is 1.97. The highest BCUT2D eigenvalue weighted by Crippen LogP contribution is 2.31. The topological polar surface area (TPSA) is 97.0 Å². The van der Waals surface area contributed by atoms with Crippen LogP contribution in [0.1, 0.15) is 12.0 Å². The van der Waals surface area contributed by atoms with Crippen LogP contribution in [0.3, 0.4) is 0 Å². The van der Waals surface area contributed by atoms with Crippen LogP contribution in [0, 0.1) is 0 Å². The molecule has 1 unspecified atom stereocenters. The Kier molecular flexibility index (Phi) is 6.60. The van der Waals surface area contributed by atoms with Gasteiger partial charge in [0.25, 0.3) is 0 Å². The zero-order valence-corrected chi connectivity index (χ0v) is 17.2. The van der Waals surface area contributed by atoms with E-state index < -0.39 is 10.0 Å². The Morgan fingerprint density at radius 3 is 2.52 bits per heavy atom. The van der Waals surface area contributed by atoms with Crippen molar-refractivity contribution in [3.05, 3.63) is 54.1 Å². The Morgan fingerprint density at radius 1 is 1.07 bits per heavy atom. The Morgan fingerprint density at radius 2 is 1.76 bits per heavy atom. The fourth-order valence-electron chi connectivity index (χ4n) is 2.89. The summed E-state index contributed by atoms with van der Waals surface area (Å²) in [5.41, 5.74) is 0.525. The third kappa shape index (κ3) is 5.18. The molecule has 2 N–H and O–H groups in total. The van der Waals surface area contributed by atoms with Gasteiger partial charge in [-0.3, -0.25) is 0 Å². The number of urea groups is 1. The second kappa shape index (κ2) is 9.15. The quantitative estimate of drug-likeness (QED) is 0.715. The summed E-state index contributed by atoms with van der Waals surface area (Å²) < 4.78 is 37.5. The summed E-state index contributed by atoms with van der Waals surface area (Å²) in [4.78, 5) is 12.3. The van der Waals surface area contributed by atoms with Gasteiger partial charge in [-0.25, -0.2) is 17.5 Å². The second-order valence-corrected chi connectivity index (χ2v) is 8.91. The van der Waals surface area contributed by atoms with E-state index in [-0.39, 0.29) is 23.6 Å². The van der Waals surface area contributed by atoms with Gasteiger partial charge in [0.05, 0.1) is 4.90 Å². The Bertz CT molecular complexity index is 962. The molecule has 0 bridgehead atoms. The van der Waals surface area contributed by atoms with E-state index >= 15 is 0 Å². The average Bonchev–Trinajstić information content (AvgIpc) is 2.72. The van der Waals surface area contributed by atoms with Crippen molar-refractivity contribution in [1.29, 1.82) is 0 Å². The molecule has 29 heavy (non-hydrogen) atoms. The van der Waals surface area contributed by atoms with Gasteiger partial charge in [-0.2, -0.15) is 0 Å². The molecule has 3 rings (SSSR count). The number of nitrogens with one attached hydrogen (secondary N) is 2. The van der Waals surface area contributed by atoms with Gasteiger partial charge in [0.1, 0.15) is 12.7 Å². The molecule has 0 saturated carbocycles. The van der Waals surface area contributed by atoms with Crippen LogP contribution in [0.2, 0.25) is 0 Å². The molecule has 0 radical (unpaired) electrons. The minimum Gasteiger partial charge on any atom is -0.486 e. The molecule has 0 spiro atoms. The molecule has 1 heterocycles. The zero-order chi connectivity index (χ0) is 20.9. The average molecular weight is 420 g/mol. The SMILES string of the molecule is CN(C)S(=O)(=O)c1ccccc1CNC(=O)NCCC1COc2ccccc2O1. The molecular weight excluding hydrogens is 394 g/mol. The zero-order valence-electron chi connectivity index (χ0n) is 16.4. The number of hydrogen-bond acceptors (Lipinski definition) is 5. The molecule has 9 heteroatoms. The molecule has 0 saturated heterocycles. The van der Waals surface area contributed by atoms with E-state index in [2.05, 4.69) is 10.6 Å². The molecule has 8 nitrogen and oxygen atoms in total. The first-order valence-corrected chi connectivity index (χ1v) is 10.7. The van der Waals surface area contributed by atoms with Crippen molar-refractivity contribution in [1.82, 2.24) is 14.9 Å². The van der Waals surface area contributed by atoms with Crippen molar-refractivity contribution in [2.75, 3.05) is 27.2 Å². The monoisotopic (exact) mass is 419 g/mol. The number of amides is 2. The molecule has 1 aliphatic heterocycles. The van der Waals surface area contributed by atoms with Crippen LogP contribution < -0.4 is 20.1 Å². The van der Waals surface area contributed by atoms with Crippen molar-refractivity contribution in [3.8, 4) is 11.5 Å². The minimum atomic E-state index is -3.58. The highest BCUT2D eigenvalue weighted by Gasteiger charge is 2.22. The van der Waals surface area contributed by atoms with Crippen LogP contribution in [0.15, 0.2) is 53.4 Å². The third-order valence-corrected chi connectivity index (χ3v) is 6.41. The molecule has 1 aliphatic rings. The molecule has 2 amide bonds. The molecule has 0 aromatic heterocycles. The first kappa shape index (κ1) is 20.9. The smallest absolute Gasteiger partial charge is 0.315 e. The summed E-state index contributed by atoms with van der Waals surface area (Å²) >= 11 is 0. The summed E-state index contributed by atoms with van der Waals surface area (Å²) in [5.74, 6) is 1.42. The van der Waals surface area contributed by atoms with Crippen LogP contribution in [-0.2, 0) is 16.6 Å². The largest absolute Gasteiger partial charge is 0.486 e. The lowest BCUT2D eigenvalue weighted by molar-refractivity contribution is 0.0853. The summed E-state index contributed by atoms with van der Waals surface area (Å²) in [6.07, 6.45) is 0.448. The minimum absolute atomic E-state index is 0.103. The third-order valence-electron chi connectivity index (χ3n) is 4.49. The number of carbonyl (C=O) groups is 1. The van der Waals surface area contributed by atoms with Gasteiger partial charge in [0.2, 0.25) is 10.0 Å². The summed E-state index contributed by atoms with van der Waals surface area (Å²) in [5, 5.41) is 5.46. The van der Waals surface area contributed by atoms with Crippen molar-refractivity contribution < 1.29 is 22.7 Å². The van der Waals surface area contributed by atoms with E-state index in [0.29, 0.717) is 30.9 Å². The van der Waals surface area contributed by atoms with Crippen LogP contribution >= 0.6 is 0 Å². The van der Waals surface area contributed by atoms with Crippen LogP contribution in [0.25, 0.3) is 0 Å². The first-order valence-electron chi connectivity index (χ1n) is 9.28. The van der Waals surface area contributed by atoms with E-state index in [1.807, 2.05) is 24.3 Å². The van der Waals surface area contributed by atoms with E-state index in [4.69, 9.17) is 9.47 Å². The highest BCUT2D eigenvalue weighted by atomic mass is 32.2. The first-order chi connectivity index (χ1) is 13.9. The number of sulfonamides is 1. The Hall–Kier alpha value is -2.78. The Balaban J connectivity index is 1.47. The van der Waals surface area contributed by atoms with Gasteiger partial charge in [-0.05, 0) is 23.8 Å². The maximum atomic E-state index is 12.4. The van der Waals surface area contributed by atoms with Crippen LogP contribution in [0.4, 0.5) is 4.79 Å². The van der Waals surface area contributed by atoms with Crippen molar-refractivity contribution in [3.63, 3.8) is 0 Å². The lowest BCUT2D eigenvalue weighted by Gasteiger charge is -2.26. The molecular formula is C20H25N3O5S. The normalized spacial score (nSPS) is 15.8. The molecule has 156 valence electrons. The summed E-state index contributed by atoms with van der Waals surface area (Å²) in [6.45, 7) is 0.932. The molecule has 0 fully saturated rings. The van der Waals surface area contributed by atoms with E-state index in [0.717, 1.165) is 10.1 Å². The predicted molar refractivity (Wildman–Crippen MR) is 109 cm³/mol. The van der Waals surface area contributed by atoms with Gasteiger partial charge in [-0.15, -0.1) is 0 Å². The molecule has 2 aromatic carbocycles. The second-order valence-electron chi connectivity index (χ2n) is 6.79. The number of benzene rings is 2. The fraction of sp³-hybridized carbons (Fsp3) is 0.350. The van der Waals surface area contributed by atoms with Gasteiger partial charge in [0, 0.05) is 33.6 Å². The van der Waals surface area contributed by atoms with Gasteiger partial charge in [-0.1, -0.05) is 30.3 Å². The number of hydrogen-bond donors (Lipinski definition) is 2. The highest BCUT2D eigenvalue weighted by molar-refractivity contribution is 7.89. The lowest BCUT2D eigenvalue weighted by atomic mass is 10.2. The maximum Gasteiger partial charge on any atom is 0.315 e. The molecule has 2 aromatic rings. The van der Waals surface area contributed by atoms with Gasteiger partial charge < -0.3 is 20.1 Å². The number of ether oxygens (including phenoxy) is 2. The summed E-state index contributed by atoms with van der Waals surface area (Å²) in [6, 6.07) is 13.7. The van der Waals surface area contributed by atoms with E-state index in [1.165, 1.54) is 20.2 Å². The molecule has 1 atom stereocenters. The van der Waals surface area contributed by atoms with Crippen molar-refractivity contribution in [2.24, 2.45) is 0 Å². The van der Waals surface area contributed by atoms with Gasteiger partial charge >= 0.3 is 6.03 Å². The number of nitrogens with zero attached hydrogens (tertiary/aromatic N) is 1.